The molecule has 0 unspecified atom stereocenters. The molecule has 8 heteroatoms. The Morgan fingerprint density at radius 1 is 1.35 bits per heavy atom. The molecule has 0 aliphatic heterocycles. The zero-order valence-corrected chi connectivity index (χ0v) is 12.1. The second-order valence-corrected chi connectivity index (χ2v) is 6.24. The van der Waals surface area contributed by atoms with Crippen molar-refractivity contribution in [1.29, 1.82) is 0 Å². The minimum absolute atomic E-state index is 0.0407. The van der Waals surface area contributed by atoms with E-state index in [9.17, 15) is 8.42 Å². The zero-order valence-electron chi connectivity index (χ0n) is 9.75. The van der Waals surface area contributed by atoms with E-state index in [1.54, 1.807) is 13.8 Å². The molecule has 17 heavy (non-hydrogen) atoms. The highest BCUT2D eigenvalue weighted by Crippen LogP contribution is 2.21. The van der Waals surface area contributed by atoms with Crippen molar-refractivity contribution in [2.45, 2.75) is 31.2 Å². The maximum Gasteiger partial charge on any atom is 0.246 e. The summed E-state index contributed by atoms with van der Waals surface area (Å²) in [7, 11) is -3.74. The molecule has 5 nitrogen and oxygen atoms in total. The molecule has 1 aromatic rings. The Bertz CT molecular complexity index is 475. The van der Waals surface area contributed by atoms with Crippen molar-refractivity contribution < 1.29 is 12.9 Å². The van der Waals surface area contributed by atoms with Crippen molar-refractivity contribution in [3.05, 3.63) is 11.5 Å². The molecule has 0 bridgehead atoms. The Labute approximate surface area is 111 Å². The molecule has 0 atom stereocenters. The van der Waals surface area contributed by atoms with Gasteiger partial charge in [0.05, 0.1) is 5.54 Å². The molecule has 1 N–H and O–H groups in total. The molecule has 0 radical (unpaired) electrons. The minimum Gasteiger partial charge on any atom is -0.360 e. The summed E-state index contributed by atoms with van der Waals surface area (Å²) in [5.74, 6) is 0.375. The number of hydrogen-bond donors (Lipinski definition) is 1. The van der Waals surface area contributed by atoms with Crippen LogP contribution in [0.2, 0.25) is 0 Å². The van der Waals surface area contributed by atoms with Crippen molar-refractivity contribution >= 4 is 33.2 Å². The molecule has 0 aliphatic carbocycles. The molecule has 0 aliphatic rings. The average Bonchev–Trinajstić information content (AvgIpc) is 2.58. The van der Waals surface area contributed by atoms with E-state index in [1.165, 1.54) is 6.92 Å². The van der Waals surface area contributed by atoms with Crippen LogP contribution in [0.25, 0.3) is 0 Å². The van der Waals surface area contributed by atoms with Crippen molar-refractivity contribution in [3.63, 3.8) is 0 Å². The van der Waals surface area contributed by atoms with Gasteiger partial charge in [0, 0.05) is 11.8 Å². The first-order valence-corrected chi connectivity index (χ1v) is 7.40. The molecule has 98 valence electrons. The maximum absolute atomic E-state index is 12.1. The van der Waals surface area contributed by atoms with Crippen LogP contribution >= 0.6 is 23.2 Å². The molecule has 0 fully saturated rings. The van der Waals surface area contributed by atoms with Crippen molar-refractivity contribution in [2.24, 2.45) is 0 Å². The summed E-state index contributed by atoms with van der Waals surface area (Å²) in [6.45, 7) is 4.72. The molecule has 0 amide bonds. The van der Waals surface area contributed by atoms with Crippen LogP contribution in [0.1, 0.15) is 18.4 Å². The molecule has 1 rings (SSSR count). The van der Waals surface area contributed by atoms with Gasteiger partial charge in [-0.1, -0.05) is 5.16 Å². The number of nitrogens with zero attached hydrogens (tertiary/aromatic N) is 1. The molecule has 0 aromatic carbocycles. The number of alkyl halides is 2. The third-order valence-corrected chi connectivity index (χ3v) is 5.27. The minimum atomic E-state index is -3.74. The number of halogens is 2. The number of hydrogen-bond acceptors (Lipinski definition) is 4. The lowest BCUT2D eigenvalue weighted by Gasteiger charge is -2.25. The van der Waals surface area contributed by atoms with Crippen molar-refractivity contribution in [2.75, 3.05) is 11.8 Å². The van der Waals surface area contributed by atoms with Crippen molar-refractivity contribution in [3.8, 4) is 0 Å². The van der Waals surface area contributed by atoms with E-state index in [0.717, 1.165) is 0 Å². The molecule has 1 aromatic heterocycles. The van der Waals surface area contributed by atoms with E-state index < -0.39 is 15.6 Å². The third-order valence-electron chi connectivity index (χ3n) is 2.21. The second-order valence-electron chi connectivity index (χ2n) is 4.09. The Hall–Kier alpha value is -0.300. The first kappa shape index (κ1) is 14.8. The smallest absolute Gasteiger partial charge is 0.246 e. The van der Waals surface area contributed by atoms with Gasteiger partial charge < -0.3 is 4.52 Å². The Morgan fingerprint density at radius 2 is 1.88 bits per heavy atom. The molecular formula is C9H14Cl2N2O3S. The van der Waals surface area contributed by atoms with Gasteiger partial charge in [0.2, 0.25) is 10.0 Å². The monoisotopic (exact) mass is 300 g/mol. The maximum atomic E-state index is 12.1. The quantitative estimate of drug-likeness (QED) is 0.842. The largest absolute Gasteiger partial charge is 0.360 e. The Morgan fingerprint density at radius 3 is 2.24 bits per heavy atom. The summed E-state index contributed by atoms with van der Waals surface area (Å²) in [4.78, 5) is 0.0407. The molecule has 0 saturated heterocycles. The zero-order chi connectivity index (χ0) is 13.3. The van der Waals surface area contributed by atoms with Gasteiger partial charge in [-0.05, 0) is 20.8 Å². The normalized spacial score (nSPS) is 13.0. The van der Waals surface area contributed by atoms with Gasteiger partial charge in [0.25, 0.3) is 0 Å². The molecule has 0 spiro atoms. The number of aromatic nitrogens is 1. The molecular weight excluding hydrogens is 287 g/mol. The SMILES string of the molecule is Cc1noc(C)c1S(=O)(=O)NC(C)(CCl)CCl. The van der Waals surface area contributed by atoms with Gasteiger partial charge in [-0.25, -0.2) is 13.1 Å². The van der Waals surface area contributed by atoms with Crippen molar-refractivity contribution in [1.82, 2.24) is 9.88 Å². The van der Waals surface area contributed by atoms with E-state index in [1.807, 2.05) is 0 Å². The Kier molecular flexibility index (Phi) is 4.46. The lowest BCUT2D eigenvalue weighted by Crippen LogP contribution is -2.49. The summed E-state index contributed by atoms with van der Waals surface area (Å²) in [6.07, 6.45) is 0. The van der Waals surface area contributed by atoms with E-state index in [0.29, 0.717) is 5.69 Å². The number of aryl methyl sites for hydroxylation is 2. The highest BCUT2D eigenvalue weighted by Gasteiger charge is 2.32. The number of sulfonamides is 1. The van der Waals surface area contributed by atoms with Gasteiger partial charge >= 0.3 is 0 Å². The topological polar surface area (TPSA) is 72.2 Å². The van der Waals surface area contributed by atoms with Crippen LogP contribution in [0.3, 0.4) is 0 Å². The first-order valence-electron chi connectivity index (χ1n) is 4.84. The van der Waals surface area contributed by atoms with Gasteiger partial charge in [-0.2, -0.15) is 0 Å². The lowest BCUT2D eigenvalue weighted by molar-refractivity contribution is 0.390. The lowest BCUT2D eigenvalue weighted by atomic mass is 10.1. The summed E-state index contributed by atoms with van der Waals surface area (Å²) >= 11 is 11.4. The van der Waals surface area contributed by atoms with E-state index in [4.69, 9.17) is 27.7 Å². The molecule has 1 heterocycles. The predicted octanol–water partition coefficient (Wildman–Crippen LogP) is 1.81. The number of rotatable bonds is 5. The number of nitrogens with one attached hydrogen (secondary N) is 1. The highest BCUT2D eigenvalue weighted by molar-refractivity contribution is 7.89. The van der Waals surface area contributed by atoms with Crippen LogP contribution in [0.4, 0.5) is 0 Å². The fourth-order valence-electron chi connectivity index (χ4n) is 1.32. The van der Waals surface area contributed by atoms with E-state index >= 15 is 0 Å². The average molecular weight is 301 g/mol. The van der Waals surface area contributed by atoms with Crippen LogP contribution in [-0.2, 0) is 10.0 Å². The standard InChI is InChI=1S/C9H14Cl2N2O3S/c1-6-8(7(2)16-12-6)17(14,15)13-9(3,4-10)5-11/h13H,4-5H2,1-3H3. The van der Waals surface area contributed by atoms with Gasteiger partial charge in [0.15, 0.2) is 5.76 Å². The van der Waals surface area contributed by atoms with Crippen LogP contribution in [-0.4, -0.2) is 30.9 Å². The highest BCUT2D eigenvalue weighted by atomic mass is 35.5. The van der Waals surface area contributed by atoms with Gasteiger partial charge in [0.1, 0.15) is 10.6 Å². The summed E-state index contributed by atoms with van der Waals surface area (Å²) in [5, 5.41) is 3.60. The summed E-state index contributed by atoms with van der Waals surface area (Å²) < 4.78 is 31.6. The van der Waals surface area contributed by atoms with Crippen LogP contribution < -0.4 is 4.72 Å². The third kappa shape index (κ3) is 3.13. The van der Waals surface area contributed by atoms with E-state index in [2.05, 4.69) is 9.88 Å². The second kappa shape index (κ2) is 5.14. The van der Waals surface area contributed by atoms with Crippen LogP contribution in [0.15, 0.2) is 9.42 Å². The van der Waals surface area contributed by atoms with E-state index in [-0.39, 0.29) is 22.4 Å². The predicted molar refractivity (Wildman–Crippen MR) is 66.1 cm³/mol. The van der Waals surface area contributed by atoms with Gasteiger partial charge in [-0.3, -0.25) is 0 Å². The molecule has 0 saturated carbocycles. The fraction of sp³-hybridized carbons (Fsp3) is 0.667. The summed E-state index contributed by atoms with van der Waals surface area (Å²) in [6, 6.07) is 0. The first-order chi connectivity index (χ1) is 7.75. The summed E-state index contributed by atoms with van der Waals surface area (Å²) in [5.41, 5.74) is -0.598. The van der Waals surface area contributed by atoms with Crippen LogP contribution in [0, 0.1) is 13.8 Å². The Balaban J connectivity index is 3.14. The van der Waals surface area contributed by atoms with Gasteiger partial charge in [-0.15, -0.1) is 23.2 Å². The fourth-order valence-corrected chi connectivity index (χ4v) is 3.64. The van der Waals surface area contributed by atoms with Crippen LogP contribution in [0.5, 0.6) is 0 Å².